The molecule has 49 heavy (non-hydrogen) atoms. The second kappa shape index (κ2) is 15.8. The monoisotopic (exact) mass is 694 g/mol. The molecule has 2 unspecified atom stereocenters. The summed E-state index contributed by atoms with van der Waals surface area (Å²) in [4.78, 5) is 53.7. The summed E-state index contributed by atoms with van der Waals surface area (Å²) in [6.45, 7) is 8.77. The standard InChI is InChI=1S/C37H46N2O9S/c1-23-6-8-24(9-7-23)34(40)38(30-20-29(18-19-37(2,3)4)49-33(30)36(42)45-5)26-14-16-28(17-15-26)47-31-21-46-22-32(31)48-35(41)25-10-12-27(13-11-25)39(43)44/h10-13,20,23-24,26,28,31-32H,6-9,14-17,21-22H2,1-5H3. The van der Waals surface area contributed by atoms with E-state index in [-0.39, 0.29) is 53.9 Å². The minimum Gasteiger partial charge on any atom is -0.465 e. The Bertz CT molecular complexity index is 1570. The summed E-state index contributed by atoms with van der Waals surface area (Å²) in [7, 11) is 1.35. The number of benzene rings is 1. The first-order valence-electron chi connectivity index (χ1n) is 17.1. The molecule has 3 aliphatic rings. The van der Waals surface area contributed by atoms with Gasteiger partial charge in [0.1, 0.15) is 11.0 Å². The van der Waals surface area contributed by atoms with Crippen LogP contribution in [0, 0.1) is 39.2 Å². The van der Waals surface area contributed by atoms with Crippen LogP contribution in [0.3, 0.4) is 0 Å². The van der Waals surface area contributed by atoms with E-state index >= 15 is 0 Å². The number of methoxy groups -OCH3 is 1. The Labute approximate surface area is 291 Å². The average Bonchev–Trinajstić information content (AvgIpc) is 3.71. The maximum absolute atomic E-state index is 14.4. The van der Waals surface area contributed by atoms with Crippen LogP contribution in [0.4, 0.5) is 11.4 Å². The van der Waals surface area contributed by atoms with Crippen LogP contribution in [-0.4, -0.2) is 67.4 Å². The number of hydrogen-bond donors (Lipinski definition) is 0. The van der Waals surface area contributed by atoms with Crippen LogP contribution < -0.4 is 4.90 Å². The fourth-order valence-corrected chi connectivity index (χ4v) is 7.59. The number of nitro groups is 1. The lowest BCUT2D eigenvalue weighted by molar-refractivity contribution is -0.384. The molecule has 12 heteroatoms. The van der Waals surface area contributed by atoms with Crippen molar-refractivity contribution in [1.29, 1.82) is 0 Å². The average molecular weight is 695 g/mol. The number of ether oxygens (including phenoxy) is 4. The highest BCUT2D eigenvalue weighted by Gasteiger charge is 2.40. The Balaban J connectivity index is 1.30. The van der Waals surface area contributed by atoms with E-state index < -0.39 is 29.1 Å². The summed E-state index contributed by atoms with van der Waals surface area (Å²) in [6.07, 6.45) is 5.11. The number of nitrogens with zero attached hydrogens (tertiary/aromatic N) is 2. The van der Waals surface area contributed by atoms with Crippen molar-refractivity contribution in [3.8, 4) is 11.8 Å². The summed E-state index contributed by atoms with van der Waals surface area (Å²) >= 11 is 1.26. The summed E-state index contributed by atoms with van der Waals surface area (Å²) in [5.74, 6) is 5.92. The van der Waals surface area contributed by atoms with Crippen molar-refractivity contribution in [1.82, 2.24) is 0 Å². The molecular weight excluding hydrogens is 648 g/mol. The second-order valence-electron chi connectivity index (χ2n) is 14.4. The molecule has 2 heterocycles. The van der Waals surface area contributed by atoms with Gasteiger partial charge in [0.05, 0.1) is 47.5 Å². The van der Waals surface area contributed by atoms with Crippen LogP contribution in [0.15, 0.2) is 30.3 Å². The molecule has 0 spiro atoms. The maximum atomic E-state index is 14.4. The molecule has 1 saturated heterocycles. The number of hydrogen-bond acceptors (Lipinski definition) is 10. The van der Waals surface area contributed by atoms with E-state index in [0.717, 1.165) is 25.7 Å². The van der Waals surface area contributed by atoms with E-state index in [1.165, 1.54) is 42.7 Å². The van der Waals surface area contributed by atoms with Crippen LogP contribution in [0.25, 0.3) is 0 Å². The highest BCUT2D eigenvalue weighted by molar-refractivity contribution is 7.15. The number of esters is 2. The molecule has 5 rings (SSSR count). The molecular formula is C37H46N2O9S. The lowest BCUT2D eigenvalue weighted by atomic mass is 9.81. The van der Waals surface area contributed by atoms with Gasteiger partial charge in [-0.15, -0.1) is 11.3 Å². The van der Waals surface area contributed by atoms with Gasteiger partial charge in [0.15, 0.2) is 6.10 Å². The third-order valence-corrected chi connectivity index (χ3v) is 10.5. The minimum absolute atomic E-state index is 0.0527. The van der Waals surface area contributed by atoms with Gasteiger partial charge in [-0.3, -0.25) is 14.9 Å². The highest BCUT2D eigenvalue weighted by atomic mass is 32.1. The number of rotatable bonds is 9. The summed E-state index contributed by atoms with van der Waals surface area (Å²) in [6, 6.07) is 7.01. The molecule has 1 aromatic heterocycles. The van der Waals surface area contributed by atoms with Crippen LogP contribution in [0.2, 0.25) is 0 Å². The van der Waals surface area contributed by atoms with Crippen molar-refractivity contribution in [2.75, 3.05) is 25.2 Å². The first-order chi connectivity index (χ1) is 23.3. The molecule has 264 valence electrons. The zero-order valence-electron chi connectivity index (χ0n) is 28.9. The molecule has 0 N–H and O–H groups in total. The lowest BCUT2D eigenvalue weighted by Crippen LogP contribution is -2.47. The molecule has 3 fully saturated rings. The van der Waals surface area contributed by atoms with E-state index in [4.69, 9.17) is 18.9 Å². The Morgan fingerprint density at radius 1 is 0.959 bits per heavy atom. The first-order valence-corrected chi connectivity index (χ1v) is 17.9. The van der Waals surface area contributed by atoms with Crippen molar-refractivity contribution in [2.45, 2.75) is 103 Å². The molecule has 0 bridgehead atoms. The van der Waals surface area contributed by atoms with Gasteiger partial charge in [0.2, 0.25) is 5.91 Å². The van der Waals surface area contributed by atoms with Crippen LogP contribution in [-0.2, 0) is 23.7 Å². The maximum Gasteiger partial charge on any atom is 0.350 e. The van der Waals surface area contributed by atoms with Crippen LogP contribution in [0.1, 0.15) is 104 Å². The van der Waals surface area contributed by atoms with E-state index in [1.807, 2.05) is 31.7 Å². The normalized spacial score (nSPS) is 25.5. The summed E-state index contributed by atoms with van der Waals surface area (Å²) < 4.78 is 22.9. The Kier molecular flexibility index (Phi) is 11.8. The number of anilines is 1. The molecule has 2 aliphatic carbocycles. The van der Waals surface area contributed by atoms with E-state index in [2.05, 4.69) is 18.8 Å². The zero-order chi connectivity index (χ0) is 35.3. The van der Waals surface area contributed by atoms with Crippen molar-refractivity contribution in [3.63, 3.8) is 0 Å². The molecule has 2 atom stereocenters. The van der Waals surface area contributed by atoms with E-state index in [9.17, 15) is 24.5 Å². The molecule has 11 nitrogen and oxygen atoms in total. The zero-order valence-corrected chi connectivity index (χ0v) is 29.7. The van der Waals surface area contributed by atoms with Gasteiger partial charge in [-0.2, -0.15) is 0 Å². The van der Waals surface area contributed by atoms with Crippen LogP contribution >= 0.6 is 11.3 Å². The minimum atomic E-state index is -0.617. The SMILES string of the molecule is COC(=O)c1sc(C#CC(C)(C)C)cc1N(C(=O)C1CCC(C)CC1)C1CCC(OC2COCC2OC(=O)c2ccc([N+](=O)[O-])cc2)CC1. The van der Waals surface area contributed by atoms with E-state index in [1.54, 1.807) is 0 Å². The highest BCUT2D eigenvalue weighted by Crippen LogP contribution is 2.40. The van der Waals surface area contributed by atoms with Gasteiger partial charge < -0.3 is 23.8 Å². The van der Waals surface area contributed by atoms with Gasteiger partial charge in [0.25, 0.3) is 5.69 Å². The Morgan fingerprint density at radius 2 is 1.61 bits per heavy atom. The topological polar surface area (TPSA) is 135 Å². The summed E-state index contributed by atoms with van der Waals surface area (Å²) in [5.41, 5.74) is 0.447. The van der Waals surface area contributed by atoms with Gasteiger partial charge >= 0.3 is 11.9 Å². The molecule has 2 aromatic rings. The third-order valence-electron chi connectivity index (χ3n) is 9.43. The Morgan fingerprint density at radius 3 is 2.22 bits per heavy atom. The Hall–Kier alpha value is -3.79. The predicted molar refractivity (Wildman–Crippen MR) is 185 cm³/mol. The second-order valence-corrected chi connectivity index (χ2v) is 15.4. The largest absolute Gasteiger partial charge is 0.465 e. The van der Waals surface area contributed by atoms with Gasteiger partial charge in [0, 0.05) is 29.5 Å². The van der Waals surface area contributed by atoms with Crippen molar-refractivity contribution in [3.05, 3.63) is 55.8 Å². The number of carbonyl (C=O) groups is 3. The number of nitro benzene ring substituents is 1. The number of non-ortho nitro benzene ring substituents is 1. The van der Waals surface area contributed by atoms with Gasteiger partial charge in [-0.05, 0) is 96.3 Å². The number of thiophene rings is 1. The molecule has 0 radical (unpaired) electrons. The van der Waals surface area contributed by atoms with Crippen molar-refractivity contribution < 1.29 is 38.3 Å². The molecule has 1 amide bonds. The van der Waals surface area contributed by atoms with Gasteiger partial charge in [-0.1, -0.05) is 18.8 Å². The number of amides is 1. The smallest absolute Gasteiger partial charge is 0.350 e. The van der Waals surface area contributed by atoms with Crippen molar-refractivity contribution >= 4 is 40.6 Å². The predicted octanol–water partition coefficient (Wildman–Crippen LogP) is 6.95. The first kappa shape index (κ1) is 36.5. The van der Waals surface area contributed by atoms with Crippen LogP contribution in [0.5, 0.6) is 0 Å². The quantitative estimate of drug-likeness (QED) is 0.118. The molecule has 1 aromatic carbocycles. The number of carbonyl (C=O) groups excluding carboxylic acids is 3. The molecule has 2 saturated carbocycles. The van der Waals surface area contributed by atoms with Crippen molar-refractivity contribution in [2.24, 2.45) is 17.3 Å². The fourth-order valence-electron chi connectivity index (χ4n) is 6.67. The summed E-state index contributed by atoms with van der Waals surface area (Å²) in [5, 5.41) is 11.0. The molecule has 1 aliphatic heterocycles. The van der Waals surface area contributed by atoms with E-state index in [0.29, 0.717) is 47.0 Å². The lowest BCUT2D eigenvalue weighted by Gasteiger charge is -2.40. The van der Waals surface area contributed by atoms with Gasteiger partial charge in [-0.25, -0.2) is 9.59 Å². The third kappa shape index (κ3) is 9.26. The fraction of sp³-hybridized carbons (Fsp3) is 0.595.